The van der Waals surface area contributed by atoms with Gasteiger partial charge in [-0.2, -0.15) is 0 Å². The van der Waals surface area contributed by atoms with E-state index >= 15 is 0 Å². The number of alkyl halides is 1. The highest BCUT2D eigenvalue weighted by Gasteiger charge is 2.23. The van der Waals surface area contributed by atoms with Crippen molar-refractivity contribution >= 4 is 15.9 Å². The van der Waals surface area contributed by atoms with E-state index in [1.54, 1.807) is 12.1 Å². The molecule has 0 N–H and O–H groups in total. The van der Waals surface area contributed by atoms with Crippen molar-refractivity contribution in [3.63, 3.8) is 0 Å². The molecule has 0 amide bonds. The summed E-state index contributed by atoms with van der Waals surface area (Å²) in [5.41, 5.74) is 0.646. The molecule has 1 aromatic rings. The molecule has 1 saturated carbocycles. The molecule has 1 nitrogen and oxygen atoms in total. The summed E-state index contributed by atoms with van der Waals surface area (Å²) in [5.74, 6) is -0.176. The molecule has 1 fully saturated rings. The van der Waals surface area contributed by atoms with Crippen LogP contribution in [0.1, 0.15) is 31.2 Å². The van der Waals surface area contributed by atoms with Crippen molar-refractivity contribution in [2.75, 3.05) is 0 Å². The lowest BCUT2D eigenvalue weighted by molar-refractivity contribution is 0.0213. The molecule has 1 aromatic carbocycles. The second-order valence-electron chi connectivity index (χ2n) is 4.24. The standard InChI is InChI=1S/C13H16BrFO/c14-11-6-2-4-8-13(11)16-9-10-5-1-3-7-12(10)15/h1,3,5,7,11,13H,2,4,6,8-9H2. The van der Waals surface area contributed by atoms with Crippen molar-refractivity contribution in [3.05, 3.63) is 35.6 Å². The smallest absolute Gasteiger partial charge is 0.128 e. The molecular weight excluding hydrogens is 271 g/mol. The summed E-state index contributed by atoms with van der Waals surface area (Å²) in [6.45, 7) is 0.374. The molecule has 88 valence electrons. The monoisotopic (exact) mass is 286 g/mol. The third-order valence-electron chi connectivity index (χ3n) is 3.03. The number of rotatable bonds is 3. The number of hydrogen-bond acceptors (Lipinski definition) is 1. The minimum Gasteiger partial charge on any atom is -0.372 e. The summed E-state index contributed by atoms with van der Waals surface area (Å²) in [7, 11) is 0. The molecule has 1 aliphatic carbocycles. The summed E-state index contributed by atoms with van der Waals surface area (Å²) in [5, 5.41) is 0. The lowest BCUT2D eigenvalue weighted by Crippen LogP contribution is -2.27. The molecule has 2 atom stereocenters. The number of ether oxygens (including phenoxy) is 1. The molecular formula is C13H16BrFO. The first kappa shape index (κ1) is 12.1. The van der Waals surface area contributed by atoms with Crippen molar-refractivity contribution in [1.82, 2.24) is 0 Å². The van der Waals surface area contributed by atoms with Gasteiger partial charge in [0, 0.05) is 10.4 Å². The zero-order chi connectivity index (χ0) is 11.4. The second-order valence-corrected chi connectivity index (χ2v) is 5.42. The third-order valence-corrected chi connectivity index (χ3v) is 4.08. The van der Waals surface area contributed by atoms with Gasteiger partial charge in [0.15, 0.2) is 0 Å². The fourth-order valence-electron chi connectivity index (χ4n) is 2.05. The van der Waals surface area contributed by atoms with Gasteiger partial charge in [-0.1, -0.05) is 47.0 Å². The van der Waals surface area contributed by atoms with Crippen molar-refractivity contribution in [2.45, 2.75) is 43.2 Å². The fourth-order valence-corrected chi connectivity index (χ4v) is 2.79. The summed E-state index contributed by atoms with van der Waals surface area (Å²) in [4.78, 5) is 0.424. The molecule has 2 unspecified atom stereocenters. The largest absolute Gasteiger partial charge is 0.372 e. The molecule has 0 spiro atoms. The van der Waals surface area contributed by atoms with E-state index in [0.717, 1.165) is 12.8 Å². The zero-order valence-electron chi connectivity index (χ0n) is 9.16. The van der Waals surface area contributed by atoms with Crippen LogP contribution in [0.15, 0.2) is 24.3 Å². The fraction of sp³-hybridized carbons (Fsp3) is 0.538. The average Bonchev–Trinajstić information content (AvgIpc) is 2.30. The second kappa shape index (κ2) is 5.78. The molecule has 1 aliphatic rings. The summed E-state index contributed by atoms with van der Waals surface area (Å²) < 4.78 is 19.1. The Morgan fingerprint density at radius 2 is 2.00 bits per heavy atom. The van der Waals surface area contributed by atoms with Gasteiger partial charge < -0.3 is 4.74 Å². The Bertz CT molecular complexity index is 342. The summed E-state index contributed by atoms with van der Waals surface area (Å²) in [6.07, 6.45) is 4.93. The molecule has 0 aliphatic heterocycles. The van der Waals surface area contributed by atoms with Crippen LogP contribution in [0, 0.1) is 5.82 Å². The highest BCUT2D eigenvalue weighted by atomic mass is 79.9. The molecule has 0 bridgehead atoms. The molecule has 3 heteroatoms. The Balaban J connectivity index is 1.89. The van der Waals surface area contributed by atoms with Crippen LogP contribution in [0.3, 0.4) is 0 Å². The number of halogens is 2. The van der Waals surface area contributed by atoms with Crippen LogP contribution in [0.4, 0.5) is 4.39 Å². The Labute approximate surface area is 104 Å². The minimum atomic E-state index is -0.176. The lowest BCUT2D eigenvalue weighted by atomic mass is 9.97. The molecule has 0 saturated heterocycles. The van der Waals surface area contributed by atoms with E-state index in [-0.39, 0.29) is 11.9 Å². The first-order valence-corrected chi connectivity index (χ1v) is 6.68. The topological polar surface area (TPSA) is 9.23 Å². The van der Waals surface area contributed by atoms with E-state index in [2.05, 4.69) is 15.9 Å². The normalized spacial score (nSPS) is 25.6. The Hall–Kier alpha value is -0.410. The van der Waals surface area contributed by atoms with Gasteiger partial charge in [0.2, 0.25) is 0 Å². The Kier molecular flexibility index (Phi) is 4.36. The van der Waals surface area contributed by atoms with Crippen molar-refractivity contribution < 1.29 is 9.13 Å². The number of benzene rings is 1. The predicted molar refractivity (Wildman–Crippen MR) is 66.2 cm³/mol. The maximum atomic E-state index is 13.3. The average molecular weight is 287 g/mol. The van der Waals surface area contributed by atoms with Gasteiger partial charge >= 0.3 is 0 Å². The van der Waals surface area contributed by atoms with E-state index in [0.29, 0.717) is 17.0 Å². The van der Waals surface area contributed by atoms with E-state index < -0.39 is 0 Å². The first-order chi connectivity index (χ1) is 7.77. The highest BCUT2D eigenvalue weighted by Crippen LogP contribution is 2.27. The van der Waals surface area contributed by atoms with Crippen LogP contribution in [0.25, 0.3) is 0 Å². The lowest BCUT2D eigenvalue weighted by Gasteiger charge is -2.27. The number of hydrogen-bond donors (Lipinski definition) is 0. The Morgan fingerprint density at radius 1 is 1.25 bits per heavy atom. The SMILES string of the molecule is Fc1ccccc1COC1CCCCC1Br. The third kappa shape index (κ3) is 3.05. The maximum absolute atomic E-state index is 13.3. The van der Waals surface area contributed by atoms with Gasteiger partial charge in [-0.15, -0.1) is 0 Å². The maximum Gasteiger partial charge on any atom is 0.128 e. The van der Waals surface area contributed by atoms with Crippen LogP contribution < -0.4 is 0 Å². The van der Waals surface area contributed by atoms with Crippen molar-refractivity contribution in [2.24, 2.45) is 0 Å². The molecule has 0 heterocycles. The first-order valence-electron chi connectivity index (χ1n) is 5.76. The summed E-state index contributed by atoms with van der Waals surface area (Å²) >= 11 is 3.63. The van der Waals surface area contributed by atoms with Crippen LogP contribution in [-0.4, -0.2) is 10.9 Å². The quantitative estimate of drug-likeness (QED) is 0.762. The van der Waals surface area contributed by atoms with Gasteiger partial charge in [0.25, 0.3) is 0 Å². The minimum absolute atomic E-state index is 0.176. The zero-order valence-corrected chi connectivity index (χ0v) is 10.7. The van der Waals surface area contributed by atoms with Crippen LogP contribution in [-0.2, 0) is 11.3 Å². The van der Waals surface area contributed by atoms with Gasteiger partial charge in [0.05, 0.1) is 12.7 Å². The van der Waals surface area contributed by atoms with Crippen LogP contribution in [0.5, 0.6) is 0 Å². The van der Waals surface area contributed by atoms with Gasteiger partial charge in [-0.3, -0.25) is 0 Å². The van der Waals surface area contributed by atoms with E-state index in [1.807, 2.05) is 6.07 Å². The molecule has 0 aromatic heterocycles. The van der Waals surface area contributed by atoms with Crippen molar-refractivity contribution in [1.29, 1.82) is 0 Å². The molecule has 16 heavy (non-hydrogen) atoms. The van der Waals surface area contributed by atoms with E-state index in [4.69, 9.17) is 4.74 Å². The van der Waals surface area contributed by atoms with E-state index in [1.165, 1.54) is 18.9 Å². The van der Waals surface area contributed by atoms with E-state index in [9.17, 15) is 4.39 Å². The van der Waals surface area contributed by atoms with Crippen LogP contribution in [0.2, 0.25) is 0 Å². The van der Waals surface area contributed by atoms with Gasteiger partial charge in [-0.05, 0) is 18.9 Å². The van der Waals surface area contributed by atoms with Crippen LogP contribution >= 0.6 is 15.9 Å². The van der Waals surface area contributed by atoms with Gasteiger partial charge in [0.1, 0.15) is 5.82 Å². The van der Waals surface area contributed by atoms with Crippen molar-refractivity contribution in [3.8, 4) is 0 Å². The highest BCUT2D eigenvalue weighted by molar-refractivity contribution is 9.09. The predicted octanol–water partition coefficient (Wildman–Crippen LogP) is 4.05. The Morgan fingerprint density at radius 3 is 2.75 bits per heavy atom. The molecule has 0 radical (unpaired) electrons. The molecule has 2 rings (SSSR count). The summed E-state index contributed by atoms with van der Waals surface area (Å²) in [6, 6.07) is 6.80. The van der Waals surface area contributed by atoms with Gasteiger partial charge in [-0.25, -0.2) is 4.39 Å².